The Kier molecular flexibility index (Phi) is 13.8. The number of nitrogens with two attached hydrogens (primary N) is 2. The average molecular weight is 538 g/mol. The Bertz CT molecular complexity index is 956. The molecule has 0 bridgehead atoms. The zero-order valence-corrected chi connectivity index (χ0v) is 21.7. The monoisotopic (exact) mass is 537 g/mol. The summed E-state index contributed by atoms with van der Waals surface area (Å²) >= 11 is 0. The zero-order valence-electron chi connectivity index (χ0n) is 21.7. The number of rotatable bonds is 17. The average Bonchev–Trinajstić information content (AvgIpc) is 2.86. The molecule has 0 aliphatic carbocycles. The van der Waals surface area contributed by atoms with E-state index in [4.69, 9.17) is 16.6 Å². The van der Waals surface area contributed by atoms with Crippen LogP contribution in [0.5, 0.6) is 5.75 Å². The van der Waals surface area contributed by atoms with Gasteiger partial charge in [-0.15, -0.1) is 0 Å². The summed E-state index contributed by atoms with van der Waals surface area (Å²) in [6, 6.07) is 0.912. The topological polar surface area (TPSA) is 234 Å². The molecule has 0 saturated heterocycles. The lowest BCUT2D eigenvalue weighted by molar-refractivity contribution is -0.144. The number of hydrogen-bond donors (Lipinski definition) is 8. The van der Waals surface area contributed by atoms with Gasteiger partial charge in [-0.3, -0.25) is 19.2 Å². The fraction of sp³-hybridized carbons (Fsp3) is 0.560. The van der Waals surface area contributed by atoms with Gasteiger partial charge < -0.3 is 42.7 Å². The molecule has 38 heavy (non-hydrogen) atoms. The Labute approximate surface area is 221 Å². The van der Waals surface area contributed by atoms with Gasteiger partial charge >= 0.3 is 11.9 Å². The van der Waals surface area contributed by atoms with E-state index in [-0.39, 0.29) is 24.5 Å². The number of benzene rings is 1. The van der Waals surface area contributed by atoms with E-state index in [0.717, 1.165) is 0 Å². The molecule has 3 amide bonds. The van der Waals surface area contributed by atoms with Crippen LogP contribution in [-0.2, 0) is 30.4 Å². The molecule has 0 aliphatic rings. The molecule has 212 valence electrons. The minimum absolute atomic E-state index is 0.00630. The summed E-state index contributed by atoms with van der Waals surface area (Å²) in [7, 11) is 0. The van der Waals surface area contributed by atoms with E-state index in [2.05, 4.69) is 16.0 Å². The molecular formula is C25H39N5O8. The number of carboxylic acid groups (broad SMARTS) is 2. The lowest BCUT2D eigenvalue weighted by atomic mass is 9.98. The number of amides is 3. The van der Waals surface area contributed by atoms with Crippen molar-refractivity contribution in [2.75, 3.05) is 6.54 Å². The number of carboxylic acids is 2. The molecule has 0 heterocycles. The molecule has 1 rings (SSSR count). The van der Waals surface area contributed by atoms with Crippen molar-refractivity contribution in [3.8, 4) is 5.75 Å². The fourth-order valence-electron chi connectivity index (χ4n) is 3.61. The summed E-state index contributed by atoms with van der Waals surface area (Å²) in [6.07, 6.45) is 0.980. The van der Waals surface area contributed by atoms with E-state index in [1.165, 1.54) is 24.3 Å². The van der Waals surface area contributed by atoms with Crippen molar-refractivity contribution in [3.05, 3.63) is 29.8 Å². The Morgan fingerprint density at radius 3 is 2.00 bits per heavy atom. The third-order valence-corrected chi connectivity index (χ3v) is 6.10. The number of phenols is 1. The summed E-state index contributed by atoms with van der Waals surface area (Å²) in [4.78, 5) is 61.5. The number of unbranched alkanes of at least 4 members (excludes halogenated alkanes) is 1. The molecular weight excluding hydrogens is 498 g/mol. The van der Waals surface area contributed by atoms with Crippen molar-refractivity contribution in [2.24, 2.45) is 17.4 Å². The highest BCUT2D eigenvalue weighted by atomic mass is 16.4. The number of nitrogens with one attached hydrogen (secondary N) is 3. The van der Waals surface area contributed by atoms with Crippen molar-refractivity contribution in [1.82, 2.24) is 16.0 Å². The zero-order chi connectivity index (χ0) is 28.8. The Balaban J connectivity index is 3.17. The molecule has 0 aromatic heterocycles. The van der Waals surface area contributed by atoms with E-state index < -0.39 is 60.2 Å². The maximum atomic E-state index is 13.3. The van der Waals surface area contributed by atoms with Crippen LogP contribution in [-0.4, -0.2) is 75.7 Å². The van der Waals surface area contributed by atoms with Crippen LogP contribution in [0.3, 0.4) is 0 Å². The van der Waals surface area contributed by atoms with Gasteiger partial charge in [0.05, 0.1) is 12.5 Å². The van der Waals surface area contributed by atoms with Crippen LogP contribution in [0, 0.1) is 5.92 Å². The van der Waals surface area contributed by atoms with Crippen LogP contribution < -0.4 is 27.4 Å². The van der Waals surface area contributed by atoms with E-state index in [9.17, 15) is 34.2 Å². The first-order chi connectivity index (χ1) is 17.9. The molecule has 1 aromatic rings. The van der Waals surface area contributed by atoms with Gasteiger partial charge in [-0.2, -0.15) is 0 Å². The van der Waals surface area contributed by atoms with Crippen molar-refractivity contribution < 1.29 is 39.3 Å². The number of aromatic hydroxyl groups is 1. The Morgan fingerprint density at radius 1 is 0.895 bits per heavy atom. The van der Waals surface area contributed by atoms with E-state index in [0.29, 0.717) is 31.4 Å². The smallest absolute Gasteiger partial charge is 0.326 e. The SMILES string of the molecule is CCC(C)C(NC(=O)C(CCCCN)NC(=O)C(Cc1ccc(O)cc1)NC(=O)C(N)CC(=O)O)C(=O)O. The van der Waals surface area contributed by atoms with Gasteiger partial charge in [0.1, 0.15) is 23.9 Å². The first-order valence-corrected chi connectivity index (χ1v) is 12.5. The molecule has 0 saturated carbocycles. The molecule has 5 unspecified atom stereocenters. The van der Waals surface area contributed by atoms with Gasteiger partial charge in [-0.05, 0) is 49.4 Å². The normalized spacial score (nSPS) is 14.8. The maximum absolute atomic E-state index is 13.3. The summed E-state index contributed by atoms with van der Waals surface area (Å²) < 4.78 is 0. The molecule has 13 nitrogen and oxygen atoms in total. The first-order valence-electron chi connectivity index (χ1n) is 12.5. The number of hydrogen-bond acceptors (Lipinski definition) is 8. The third kappa shape index (κ3) is 11.1. The molecule has 0 spiro atoms. The van der Waals surface area contributed by atoms with Crippen molar-refractivity contribution in [2.45, 2.75) is 76.5 Å². The summed E-state index contributed by atoms with van der Waals surface area (Å²) in [5.74, 6) is -5.19. The van der Waals surface area contributed by atoms with Crippen molar-refractivity contribution in [1.29, 1.82) is 0 Å². The minimum Gasteiger partial charge on any atom is -0.508 e. The van der Waals surface area contributed by atoms with Gasteiger partial charge in [0.25, 0.3) is 0 Å². The Hall–Kier alpha value is -3.71. The number of aliphatic carboxylic acids is 2. The standard InChI is InChI=1S/C25H39N5O8/c1-3-14(2)21(25(37)38)30-23(35)18(6-4-5-11-26)28-24(36)19(12-15-7-9-16(31)10-8-15)29-22(34)17(27)13-20(32)33/h7-10,14,17-19,21,31H,3-6,11-13,26-27H2,1-2H3,(H,28,36)(H,29,34)(H,30,35)(H,32,33)(H,37,38). The summed E-state index contributed by atoms with van der Waals surface area (Å²) in [6.45, 7) is 3.83. The highest BCUT2D eigenvalue weighted by Crippen LogP contribution is 2.13. The second-order valence-electron chi connectivity index (χ2n) is 9.19. The molecule has 13 heteroatoms. The van der Waals surface area contributed by atoms with Gasteiger partial charge in [-0.25, -0.2) is 4.79 Å². The van der Waals surface area contributed by atoms with Gasteiger partial charge in [-0.1, -0.05) is 32.4 Å². The molecule has 0 fully saturated rings. The van der Waals surface area contributed by atoms with Crippen LogP contribution in [0.1, 0.15) is 51.5 Å². The summed E-state index contributed by atoms with van der Waals surface area (Å²) in [5.41, 5.74) is 11.8. The van der Waals surface area contributed by atoms with Crippen molar-refractivity contribution in [3.63, 3.8) is 0 Å². The lowest BCUT2D eigenvalue weighted by Gasteiger charge is -2.26. The molecule has 0 radical (unpaired) electrons. The number of carbonyl (C=O) groups is 5. The van der Waals surface area contributed by atoms with Crippen LogP contribution >= 0.6 is 0 Å². The summed E-state index contributed by atoms with van der Waals surface area (Å²) in [5, 5.41) is 35.5. The van der Waals surface area contributed by atoms with Crippen molar-refractivity contribution >= 4 is 29.7 Å². The predicted octanol–water partition coefficient (Wildman–Crippen LogP) is -0.549. The van der Waals surface area contributed by atoms with Gasteiger partial charge in [0, 0.05) is 6.42 Å². The minimum atomic E-state index is -1.42. The van der Waals surface area contributed by atoms with Crippen LogP contribution in [0.15, 0.2) is 24.3 Å². The number of phenolic OH excluding ortho intramolecular Hbond substituents is 1. The second-order valence-corrected chi connectivity index (χ2v) is 9.19. The fourth-order valence-corrected chi connectivity index (χ4v) is 3.61. The third-order valence-electron chi connectivity index (χ3n) is 6.10. The highest BCUT2D eigenvalue weighted by Gasteiger charge is 2.32. The Morgan fingerprint density at radius 2 is 1.47 bits per heavy atom. The molecule has 1 aromatic carbocycles. The number of carbonyl (C=O) groups excluding carboxylic acids is 3. The molecule has 0 aliphatic heterocycles. The van der Waals surface area contributed by atoms with Crippen LogP contribution in [0.2, 0.25) is 0 Å². The van der Waals surface area contributed by atoms with Crippen LogP contribution in [0.4, 0.5) is 0 Å². The van der Waals surface area contributed by atoms with Gasteiger partial charge in [0.2, 0.25) is 17.7 Å². The molecule has 5 atom stereocenters. The predicted molar refractivity (Wildman–Crippen MR) is 138 cm³/mol. The van der Waals surface area contributed by atoms with E-state index in [1.807, 2.05) is 0 Å². The molecule has 10 N–H and O–H groups in total. The highest BCUT2D eigenvalue weighted by molar-refractivity contribution is 5.94. The lowest BCUT2D eigenvalue weighted by Crippen LogP contribution is -2.58. The maximum Gasteiger partial charge on any atom is 0.326 e. The van der Waals surface area contributed by atoms with Gasteiger partial charge in [0.15, 0.2) is 0 Å². The van der Waals surface area contributed by atoms with E-state index in [1.54, 1.807) is 13.8 Å². The quantitative estimate of drug-likeness (QED) is 0.118. The largest absolute Gasteiger partial charge is 0.508 e. The van der Waals surface area contributed by atoms with E-state index >= 15 is 0 Å². The first kappa shape index (κ1) is 32.3. The second kappa shape index (κ2) is 16.2. The van der Waals surface area contributed by atoms with Crippen LogP contribution in [0.25, 0.3) is 0 Å².